The van der Waals surface area contributed by atoms with Gasteiger partial charge in [-0.3, -0.25) is 0 Å². The van der Waals surface area contributed by atoms with Gasteiger partial charge in [-0.15, -0.1) is 0 Å². The molecule has 0 radical (unpaired) electrons. The summed E-state index contributed by atoms with van der Waals surface area (Å²) in [6.07, 6.45) is -5.17. The summed E-state index contributed by atoms with van der Waals surface area (Å²) in [4.78, 5) is 4.22. The van der Waals surface area contributed by atoms with Crippen LogP contribution in [0.25, 0.3) is 0 Å². The van der Waals surface area contributed by atoms with Crippen LogP contribution in [-0.4, -0.2) is 44.6 Å². The molecule has 6 nitrogen and oxygen atoms in total. The van der Waals surface area contributed by atoms with Crippen molar-refractivity contribution in [2.45, 2.75) is 26.1 Å². The number of nitrogens with zero attached hydrogens (tertiary/aromatic N) is 1. The zero-order valence-corrected chi connectivity index (χ0v) is 13.8. The second-order valence-corrected chi connectivity index (χ2v) is 4.84. The van der Waals surface area contributed by atoms with E-state index < -0.39 is 12.6 Å². The summed E-state index contributed by atoms with van der Waals surface area (Å²) >= 11 is 0. The summed E-state index contributed by atoms with van der Waals surface area (Å²) in [6, 6.07) is 3.17. The number of phenols is 1. The van der Waals surface area contributed by atoms with E-state index in [1.54, 1.807) is 12.1 Å². The van der Waals surface area contributed by atoms with Crippen LogP contribution >= 0.6 is 0 Å². The Balaban J connectivity index is 2.81. The van der Waals surface area contributed by atoms with Crippen LogP contribution in [0, 0.1) is 0 Å². The van der Waals surface area contributed by atoms with Crippen molar-refractivity contribution in [2.75, 3.05) is 27.3 Å². The summed E-state index contributed by atoms with van der Waals surface area (Å²) in [5.74, 6) is 0.611. The number of hydrogen-bond acceptors (Lipinski definition) is 4. The SMILES string of the molecule is CCNC(=NCc1cc(OC)c(O)c(OC)c1)NCCC(F)(F)F. The third-order valence-electron chi connectivity index (χ3n) is 3.00. The number of aliphatic imine (C=N–C) groups is 1. The fourth-order valence-corrected chi connectivity index (χ4v) is 1.87. The van der Waals surface area contributed by atoms with Gasteiger partial charge in [0.2, 0.25) is 5.75 Å². The van der Waals surface area contributed by atoms with Crippen molar-refractivity contribution in [2.24, 2.45) is 4.99 Å². The molecule has 1 rings (SSSR count). The molecule has 0 atom stereocenters. The van der Waals surface area contributed by atoms with Gasteiger partial charge in [0, 0.05) is 13.1 Å². The number of benzene rings is 1. The molecule has 9 heteroatoms. The Labute approximate surface area is 138 Å². The molecule has 0 spiro atoms. The lowest BCUT2D eigenvalue weighted by Gasteiger charge is -2.13. The maximum atomic E-state index is 12.2. The molecular weight excluding hydrogens is 327 g/mol. The van der Waals surface area contributed by atoms with Crippen LogP contribution in [0.15, 0.2) is 17.1 Å². The van der Waals surface area contributed by atoms with Gasteiger partial charge in [-0.25, -0.2) is 4.99 Å². The molecule has 0 unspecified atom stereocenters. The average molecular weight is 349 g/mol. The summed E-state index contributed by atoms with van der Waals surface area (Å²) in [7, 11) is 2.81. The van der Waals surface area contributed by atoms with Gasteiger partial charge in [-0.2, -0.15) is 13.2 Å². The molecular formula is C15H22F3N3O3. The Bertz CT molecular complexity index is 538. The van der Waals surface area contributed by atoms with Crippen LogP contribution in [0.5, 0.6) is 17.2 Å². The minimum Gasteiger partial charge on any atom is -0.502 e. The van der Waals surface area contributed by atoms with Crippen LogP contribution in [0.1, 0.15) is 18.9 Å². The van der Waals surface area contributed by atoms with Crippen molar-refractivity contribution >= 4 is 5.96 Å². The van der Waals surface area contributed by atoms with Gasteiger partial charge in [0.15, 0.2) is 17.5 Å². The summed E-state index contributed by atoms with van der Waals surface area (Å²) in [5, 5.41) is 15.3. The Kier molecular flexibility index (Phi) is 7.47. The molecule has 0 saturated heterocycles. The Hall–Kier alpha value is -2.32. The first-order valence-corrected chi connectivity index (χ1v) is 7.33. The molecule has 0 bridgehead atoms. The molecule has 3 N–H and O–H groups in total. The van der Waals surface area contributed by atoms with Crippen molar-refractivity contribution in [3.63, 3.8) is 0 Å². The van der Waals surface area contributed by atoms with E-state index in [4.69, 9.17) is 9.47 Å². The largest absolute Gasteiger partial charge is 0.502 e. The summed E-state index contributed by atoms with van der Waals surface area (Å²) in [5.41, 5.74) is 0.675. The van der Waals surface area contributed by atoms with Crippen LogP contribution in [0.2, 0.25) is 0 Å². The van der Waals surface area contributed by atoms with Gasteiger partial charge >= 0.3 is 6.18 Å². The van der Waals surface area contributed by atoms with E-state index in [0.717, 1.165) is 0 Å². The Morgan fingerprint density at radius 2 is 1.75 bits per heavy atom. The molecule has 0 amide bonds. The second-order valence-electron chi connectivity index (χ2n) is 4.84. The van der Waals surface area contributed by atoms with E-state index >= 15 is 0 Å². The topological polar surface area (TPSA) is 75.1 Å². The first-order chi connectivity index (χ1) is 11.3. The molecule has 1 aromatic rings. The predicted octanol–water partition coefficient (Wildman–Crippen LogP) is 2.42. The number of ether oxygens (including phenoxy) is 2. The van der Waals surface area contributed by atoms with Crippen molar-refractivity contribution in [3.05, 3.63) is 17.7 Å². The van der Waals surface area contributed by atoms with Gasteiger partial charge in [0.1, 0.15) is 0 Å². The normalized spacial score (nSPS) is 12.0. The number of hydrogen-bond donors (Lipinski definition) is 3. The number of alkyl halides is 3. The highest BCUT2D eigenvalue weighted by molar-refractivity contribution is 5.79. The monoisotopic (exact) mass is 349 g/mol. The van der Waals surface area contributed by atoms with Gasteiger partial charge in [-0.1, -0.05) is 0 Å². The molecule has 24 heavy (non-hydrogen) atoms. The van der Waals surface area contributed by atoms with Crippen LogP contribution < -0.4 is 20.1 Å². The molecule has 0 fully saturated rings. The fraction of sp³-hybridized carbons (Fsp3) is 0.533. The third-order valence-corrected chi connectivity index (χ3v) is 3.00. The summed E-state index contributed by atoms with van der Waals surface area (Å²) < 4.78 is 46.7. The van der Waals surface area contributed by atoms with Crippen molar-refractivity contribution in [1.82, 2.24) is 10.6 Å². The molecule has 0 heterocycles. The van der Waals surface area contributed by atoms with Crippen molar-refractivity contribution in [3.8, 4) is 17.2 Å². The minimum atomic E-state index is -4.22. The van der Waals surface area contributed by atoms with E-state index in [-0.39, 0.29) is 36.3 Å². The van der Waals surface area contributed by atoms with E-state index in [9.17, 15) is 18.3 Å². The Morgan fingerprint density at radius 1 is 1.17 bits per heavy atom. The Morgan fingerprint density at radius 3 is 2.21 bits per heavy atom. The molecule has 136 valence electrons. The minimum absolute atomic E-state index is 0.122. The van der Waals surface area contributed by atoms with Crippen molar-refractivity contribution < 1.29 is 27.8 Å². The quantitative estimate of drug-likeness (QED) is 0.521. The lowest BCUT2D eigenvalue weighted by molar-refractivity contribution is -0.132. The second kappa shape index (κ2) is 9.09. The number of phenolic OH excluding ortho intramolecular Hbond substituents is 1. The standard InChI is InChI=1S/C15H22F3N3O3/c1-4-19-14(20-6-5-15(16,17)18)21-9-10-7-11(23-2)13(22)12(8-10)24-3/h7-8,22H,4-6,9H2,1-3H3,(H2,19,20,21). The zero-order valence-electron chi connectivity index (χ0n) is 13.8. The fourth-order valence-electron chi connectivity index (χ4n) is 1.87. The molecule has 0 aromatic heterocycles. The average Bonchev–Trinajstić information content (AvgIpc) is 2.52. The highest BCUT2D eigenvalue weighted by Gasteiger charge is 2.26. The molecule has 0 saturated carbocycles. The number of guanidine groups is 1. The molecule has 0 aliphatic rings. The molecule has 0 aliphatic heterocycles. The lowest BCUT2D eigenvalue weighted by atomic mass is 10.2. The first-order valence-electron chi connectivity index (χ1n) is 7.33. The van der Waals surface area contributed by atoms with Gasteiger partial charge < -0.3 is 25.2 Å². The van der Waals surface area contributed by atoms with Gasteiger partial charge in [0.05, 0.1) is 27.2 Å². The number of rotatable bonds is 7. The van der Waals surface area contributed by atoms with Crippen LogP contribution in [0.4, 0.5) is 13.2 Å². The number of halogens is 3. The highest BCUT2D eigenvalue weighted by Crippen LogP contribution is 2.37. The maximum absolute atomic E-state index is 12.2. The number of nitrogens with one attached hydrogen (secondary N) is 2. The summed E-state index contributed by atoms with van der Waals surface area (Å²) in [6.45, 7) is 2.24. The van der Waals surface area contributed by atoms with Gasteiger partial charge in [-0.05, 0) is 24.6 Å². The van der Waals surface area contributed by atoms with Crippen LogP contribution in [-0.2, 0) is 6.54 Å². The predicted molar refractivity (Wildman–Crippen MR) is 84.7 cm³/mol. The number of methoxy groups -OCH3 is 2. The van der Waals surface area contributed by atoms with E-state index in [1.807, 2.05) is 6.92 Å². The number of aromatic hydroxyl groups is 1. The van der Waals surface area contributed by atoms with E-state index in [2.05, 4.69) is 15.6 Å². The van der Waals surface area contributed by atoms with Gasteiger partial charge in [0.25, 0.3) is 0 Å². The van der Waals surface area contributed by atoms with Crippen molar-refractivity contribution in [1.29, 1.82) is 0 Å². The van der Waals surface area contributed by atoms with E-state index in [0.29, 0.717) is 12.1 Å². The first kappa shape index (κ1) is 19.7. The lowest BCUT2D eigenvalue weighted by Crippen LogP contribution is -2.38. The smallest absolute Gasteiger partial charge is 0.390 e. The molecule has 0 aliphatic carbocycles. The molecule has 1 aromatic carbocycles. The van der Waals surface area contributed by atoms with E-state index in [1.165, 1.54) is 14.2 Å². The third kappa shape index (κ3) is 6.43. The maximum Gasteiger partial charge on any atom is 0.390 e. The highest BCUT2D eigenvalue weighted by atomic mass is 19.4. The zero-order chi connectivity index (χ0) is 18.2. The van der Waals surface area contributed by atoms with Crippen LogP contribution in [0.3, 0.4) is 0 Å².